The van der Waals surface area contributed by atoms with E-state index in [2.05, 4.69) is 38.9 Å². The van der Waals surface area contributed by atoms with E-state index in [0.717, 1.165) is 16.9 Å². The SMILES string of the molecule is Cc1cccc(NC(=O)CCN2C(=S)N[C@@H](c3ccccn3)[C@@H]2c2sccc2C)c1. The molecule has 154 valence electrons. The van der Waals surface area contributed by atoms with Gasteiger partial charge in [0.2, 0.25) is 5.91 Å². The highest BCUT2D eigenvalue weighted by molar-refractivity contribution is 7.80. The van der Waals surface area contributed by atoms with Crippen LogP contribution in [0, 0.1) is 13.8 Å². The van der Waals surface area contributed by atoms with Gasteiger partial charge in [-0.3, -0.25) is 9.78 Å². The predicted molar refractivity (Wildman–Crippen MR) is 126 cm³/mol. The Morgan fingerprint density at radius 2 is 2.10 bits per heavy atom. The highest BCUT2D eigenvalue weighted by atomic mass is 32.1. The minimum atomic E-state index is -0.0455. The molecule has 1 amide bonds. The molecule has 1 aromatic carbocycles. The number of carbonyl (C=O) groups excluding carboxylic acids is 1. The van der Waals surface area contributed by atoms with Crippen LogP contribution in [0.25, 0.3) is 0 Å². The first-order valence-corrected chi connectivity index (χ1v) is 11.2. The summed E-state index contributed by atoms with van der Waals surface area (Å²) in [5.74, 6) is -0.0219. The number of nitrogens with one attached hydrogen (secondary N) is 2. The first-order chi connectivity index (χ1) is 14.5. The molecule has 5 nitrogen and oxygen atoms in total. The molecule has 4 rings (SSSR count). The van der Waals surface area contributed by atoms with Crippen LogP contribution in [0.2, 0.25) is 0 Å². The van der Waals surface area contributed by atoms with Crippen LogP contribution < -0.4 is 10.6 Å². The summed E-state index contributed by atoms with van der Waals surface area (Å²) in [5, 5.41) is 9.18. The van der Waals surface area contributed by atoms with Gasteiger partial charge in [-0.15, -0.1) is 11.3 Å². The Kier molecular flexibility index (Phi) is 6.11. The molecule has 1 aliphatic heterocycles. The van der Waals surface area contributed by atoms with E-state index in [1.54, 1.807) is 17.5 Å². The number of aryl methyl sites for hydroxylation is 2. The molecule has 1 saturated heterocycles. The molecule has 2 aromatic heterocycles. The third kappa shape index (κ3) is 4.37. The van der Waals surface area contributed by atoms with Crippen molar-refractivity contribution in [3.8, 4) is 0 Å². The normalized spacial score (nSPS) is 18.3. The Balaban J connectivity index is 1.52. The molecule has 0 saturated carbocycles. The van der Waals surface area contributed by atoms with Crippen molar-refractivity contribution < 1.29 is 4.79 Å². The summed E-state index contributed by atoms with van der Waals surface area (Å²) in [5.41, 5.74) is 4.11. The highest BCUT2D eigenvalue weighted by Gasteiger charge is 2.40. The summed E-state index contributed by atoms with van der Waals surface area (Å²) < 4.78 is 0. The first-order valence-electron chi connectivity index (χ1n) is 9.91. The second kappa shape index (κ2) is 8.93. The van der Waals surface area contributed by atoms with Crippen LogP contribution >= 0.6 is 23.6 Å². The third-order valence-electron chi connectivity index (χ3n) is 5.25. The number of hydrogen-bond acceptors (Lipinski definition) is 4. The number of anilines is 1. The van der Waals surface area contributed by atoms with Crippen molar-refractivity contribution >= 4 is 40.3 Å². The first kappa shape index (κ1) is 20.5. The lowest BCUT2D eigenvalue weighted by Gasteiger charge is -2.27. The van der Waals surface area contributed by atoms with Gasteiger partial charge in [0.05, 0.1) is 17.8 Å². The maximum Gasteiger partial charge on any atom is 0.226 e. The molecule has 2 atom stereocenters. The van der Waals surface area contributed by atoms with Crippen LogP contribution in [0.4, 0.5) is 5.69 Å². The lowest BCUT2D eigenvalue weighted by molar-refractivity contribution is -0.116. The third-order valence-corrected chi connectivity index (χ3v) is 6.69. The van der Waals surface area contributed by atoms with E-state index in [-0.39, 0.29) is 18.0 Å². The summed E-state index contributed by atoms with van der Waals surface area (Å²) in [6, 6.07) is 15.8. The molecule has 3 heterocycles. The molecule has 1 fully saturated rings. The minimum Gasteiger partial charge on any atom is -0.352 e. The number of aromatic nitrogens is 1. The second-order valence-corrected chi connectivity index (χ2v) is 8.79. The van der Waals surface area contributed by atoms with E-state index in [1.807, 2.05) is 49.4 Å². The van der Waals surface area contributed by atoms with Gasteiger partial charge in [0, 0.05) is 29.7 Å². The minimum absolute atomic E-state index is 0.0131. The van der Waals surface area contributed by atoms with E-state index < -0.39 is 0 Å². The fourth-order valence-electron chi connectivity index (χ4n) is 3.79. The van der Waals surface area contributed by atoms with Gasteiger partial charge in [0.1, 0.15) is 0 Å². The lowest BCUT2D eigenvalue weighted by atomic mass is 10.0. The standard InChI is InChI=1S/C23H24N4OS2/c1-15-6-5-7-17(14-15)25-19(28)9-12-27-21(22-16(2)10-13-30-22)20(26-23(27)29)18-8-3-4-11-24-18/h3-8,10-11,13-14,20-21H,9,12H2,1-2H3,(H,25,28)(H,26,29)/t20-,21+/m0/s1. The Morgan fingerprint density at radius 1 is 1.23 bits per heavy atom. The smallest absolute Gasteiger partial charge is 0.226 e. The Hall–Kier alpha value is -2.77. The number of nitrogens with zero attached hydrogens (tertiary/aromatic N) is 2. The summed E-state index contributed by atoms with van der Waals surface area (Å²) in [7, 11) is 0. The Morgan fingerprint density at radius 3 is 2.80 bits per heavy atom. The van der Waals surface area contributed by atoms with Gasteiger partial charge in [-0.2, -0.15) is 0 Å². The van der Waals surface area contributed by atoms with E-state index in [1.165, 1.54) is 10.4 Å². The van der Waals surface area contributed by atoms with Crippen molar-refractivity contribution in [2.75, 3.05) is 11.9 Å². The molecule has 30 heavy (non-hydrogen) atoms. The molecular formula is C23H24N4OS2. The number of thiophene rings is 1. The van der Waals surface area contributed by atoms with Gasteiger partial charge >= 0.3 is 0 Å². The van der Waals surface area contributed by atoms with Crippen molar-refractivity contribution in [2.45, 2.75) is 32.4 Å². The van der Waals surface area contributed by atoms with Crippen LogP contribution in [0.3, 0.4) is 0 Å². The quantitative estimate of drug-likeness (QED) is 0.546. The average Bonchev–Trinajstić information content (AvgIpc) is 3.29. The average molecular weight is 437 g/mol. The summed E-state index contributed by atoms with van der Waals surface area (Å²) in [6.45, 7) is 4.66. The number of carbonyl (C=O) groups is 1. The number of hydrogen-bond donors (Lipinski definition) is 2. The van der Waals surface area contributed by atoms with Crippen LogP contribution in [0.5, 0.6) is 0 Å². The zero-order valence-corrected chi connectivity index (χ0v) is 18.6. The van der Waals surface area contributed by atoms with Gasteiger partial charge in [-0.25, -0.2) is 0 Å². The topological polar surface area (TPSA) is 57.3 Å². The summed E-state index contributed by atoms with van der Waals surface area (Å²) >= 11 is 7.39. The molecule has 1 aliphatic rings. The Labute approximate surface area is 186 Å². The second-order valence-electron chi connectivity index (χ2n) is 7.46. The predicted octanol–water partition coefficient (Wildman–Crippen LogP) is 4.76. The molecule has 7 heteroatoms. The van der Waals surface area contributed by atoms with E-state index >= 15 is 0 Å². The molecule has 0 radical (unpaired) electrons. The van der Waals surface area contributed by atoms with Gasteiger partial charge in [0.15, 0.2) is 5.11 Å². The maximum atomic E-state index is 12.6. The fourth-order valence-corrected chi connectivity index (χ4v) is 5.19. The summed E-state index contributed by atoms with van der Waals surface area (Å²) in [6.07, 6.45) is 2.15. The monoisotopic (exact) mass is 436 g/mol. The highest BCUT2D eigenvalue weighted by Crippen LogP contribution is 2.41. The number of thiocarbonyl (C=S) groups is 1. The Bertz CT molecular complexity index is 1050. The van der Waals surface area contributed by atoms with Gasteiger partial charge < -0.3 is 15.5 Å². The molecule has 0 spiro atoms. The number of pyridine rings is 1. The lowest BCUT2D eigenvalue weighted by Crippen LogP contribution is -2.32. The molecule has 0 bridgehead atoms. The van der Waals surface area contributed by atoms with E-state index in [9.17, 15) is 4.79 Å². The van der Waals surface area contributed by atoms with E-state index in [0.29, 0.717) is 18.1 Å². The zero-order chi connectivity index (χ0) is 21.1. The van der Waals surface area contributed by atoms with E-state index in [4.69, 9.17) is 12.2 Å². The fraction of sp³-hybridized carbons (Fsp3) is 0.261. The molecule has 0 aliphatic carbocycles. The van der Waals surface area contributed by atoms with Crippen LogP contribution in [0.1, 0.15) is 40.2 Å². The molecule has 2 N–H and O–H groups in total. The molecule has 3 aromatic rings. The van der Waals surface area contributed by atoms with Crippen LogP contribution in [-0.4, -0.2) is 27.4 Å². The molecular weight excluding hydrogens is 412 g/mol. The van der Waals surface area contributed by atoms with Crippen molar-refractivity contribution in [1.82, 2.24) is 15.2 Å². The van der Waals surface area contributed by atoms with Crippen molar-refractivity contribution in [3.05, 3.63) is 81.8 Å². The number of amides is 1. The van der Waals surface area contributed by atoms with Crippen LogP contribution in [-0.2, 0) is 4.79 Å². The largest absolute Gasteiger partial charge is 0.352 e. The van der Waals surface area contributed by atoms with Crippen LogP contribution in [0.15, 0.2) is 60.1 Å². The number of rotatable bonds is 6. The van der Waals surface area contributed by atoms with Gasteiger partial charge in [0.25, 0.3) is 0 Å². The van der Waals surface area contributed by atoms with Crippen molar-refractivity contribution in [2.24, 2.45) is 0 Å². The van der Waals surface area contributed by atoms with Gasteiger partial charge in [-0.05, 0) is 72.9 Å². The zero-order valence-electron chi connectivity index (χ0n) is 17.0. The molecule has 0 unspecified atom stereocenters. The maximum absolute atomic E-state index is 12.6. The van der Waals surface area contributed by atoms with Crippen molar-refractivity contribution in [3.63, 3.8) is 0 Å². The van der Waals surface area contributed by atoms with Crippen molar-refractivity contribution in [1.29, 1.82) is 0 Å². The van der Waals surface area contributed by atoms with Gasteiger partial charge in [-0.1, -0.05) is 18.2 Å². The number of benzene rings is 1. The summed E-state index contributed by atoms with van der Waals surface area (Å²) in [4.78, 5) is 20.5.